The molecule has 0 saturated carbocycles. The monoisotopic (exact) mass is 533 g/mol. The summed E-state index contributed by atoms with van der Waals surface area (Å²) in [5.74, 6) is -1.05. The van der Waals surface area contributed by atoms with Crippen LogP contribution in [0.2, 0.25) is 0 Å². The van der Waals surface area contributed by atoms with Crippen LogP contribution in [0.3, 0.4) is 0 Å². The number of aryl methyl sites for hydroxylation is 1. The number of hydrogen-bond acceptors (Lipinski definition) is 8. The standard InChI is InChI=1S/C28H27N3O8/c1-5-39-27(35)22-16(2)29-25-24(23(22)17-10-12-19(37-3)13-11-17)26(34)31(15-21(32)33)28(36)30(25)14-18-8-6-7-9-20(18)38-4/h6-13H,5,14-15H2,1-4H3,(H,32,33). The number of carboxylic acids is 1. The van der Waals surface area contributed by atoms with Crippen LogP contribution in [0.5, 0.6) is 11.5 Å². The van der Waals surface area contributed by atoms with Gasteiger partial charge in [0.05, 0.1) is 44.0 Å². The lowest BCUT2D eigenvalue weighted by Gasteiger charge is -2.19. The first-order valence-electron chi connectivity index (χ1n) is 12.0. The molecule has 39 heavy (non-hydrogen) atoms. The molecule has 0 aliphatic heterocycles. The molecular weight excluding hydrogens is 506 g/mol. The molecule has 0 bridgehead atoms. The lowest BCUT2D eigenvalue weighted by molar-refractivity contribution is -0.137. The van der Waals surface area contributed by atoms with Crippen molar-refractivity contribution in [2.45, 2.75) is 26.9 Å². The van der Waals surface area contributed by atoms with E-state index in [2.05, 4.69) is 4.98 Å². The van der Waals surface area contributed by atoms with E-state index in [1.807, 2.05) is 0 Å². The van der Waals surface area contributed by atoms with Crippen molar-refractivity contribution in [2.75, 3.05) is 20.8 Å². The topological polar surface area (TPSA) is 139 Å². The summed E-state index contributed by atoms with van der Waals surface area (Å²) in [6, 6.07) is 13.6. The highest BCUT2D eigenvalue weighted by Crippen LogP contribution is 2.33. The SMILES string of the molecule is CCOC(=O)c1c(C)nc2c(c1-c1ccc(OC)cc1)c(=O)n(CC(=O)O)c(=O)n2Cc1ccccc1OC. The first-order valence-corrected chi connectivity index (χ1v) is 12.0. The van der Waals surface area contributed by atoms with Crippen molar-refractivity contribution in [3.05, 3.63) is 86.2 Å². The predicted molar refractivity (Wildman–Crippen MR) is 143 cm³/mol. The number of esters is 1. The maximum atomic E-state index is 13.8. The first kappa shape index (κ1) is 27.1. The lowest BCUT2D eigenvalue weighted by Crippen LogP contribution is -2.42. The van der Waals surface area contributed by atoms with Gasteiger partial charge in [-0.1, -0.05) is 30.3 Å². The fourth-order valence-corrected chi connectivity index (χ4v) is 4.46. The number of carbonyl (C=O) groups is 2. The minimum absolute atomic E-state index is 0.00564. The van der Waals surface area contributed by atoms with Crippen molar-refractivity contribution < 1.29 is 28.9 Å². The Hall–Kier alpha value is -4.93. The highest BCUT2D eigenvalue weighted by Gasteiger charge is 2.27. The zero-order chi connectivity index (χ0) is 28.3. The van der Waals surface area contributed by atoms with Gasteiger partial charge in [-0.05, 0) is 37.6 Å². The van der Waals surface area contributed by atoms with Gasteiger partial charge >= 0.3 is 17.6 Å². The Bertz CT molecular complexity index is 1690. The van der Waals surface area contributed by atoms with E-state index in [9.17, 15) is 24.3 Å². The molecule has 1 N–H and O–H groups in total. The molecule has 2 aromatic carbocycles. The molecular formula is C28H27N3O8. The minimum Gasteiger partial charge on any atom is -0.497 e. The molecule has 2 aromatic heterocycles. The van der Waals surface area contributed by atoms with Crippen molar-refractivity contribution in [1.82, 2.24) is 14.1 Å². The molecule has 0 amide bonds. The quantitative estimate of drug-likeness (QED) is 0.322. The fourth-order valence-electron chi connectivity index (χ4n) is 4.46. The van der Waals surface area contributed by atoms with Crippen molar-refractivity contribution in [2.24, 2.45) is 0 Å². The number of nitrogens with zero attached hydrogens (tertiary/aromatic N) is 3. The lowest BCUT2D eigenvalue weighted by atomic mass is 9.95. The minimum atomic E-state index is -1.38. The second-order valence-corrected chi connectivity index (χ2v) is 8.56. The average molecular weight is 534 g/mol. The molecule has 202 valence electrons. The van der Waals surface area contributed by atoms with Gasteiger partial charge in [0.1, 0.15) is 18.0 Å². The van der Waals surface area contributed by atoms with Gasteiger partial charge in [-0.15, -0.1) is 0 Å². The molecule has 11 nitrogen and oxygen atoms in total. The second kappa shape index (κ2) is 11.2. The van der Waals surface area contributed by atoms with Crippen molar-refractivity contribution in [1.29, 1.82) is 0 Å². The molecule has 0 unspecified atom stereocenters. The van der Waals surface area contributed by atoms with Gasteiger partial charge in [0.2, 0.25) is 0 Å². The maximum absolute atomic E-state index is 13.8. The van der Waals surface area contributed by atoms with E-state index < -0.39 is 29.7 Å². The van der Waals surface area contributed by atoms with Crippen molar-refractivity contribution in [3.63, 3.8) is 0 Å². The Morgan fingerprint density at radius 2 is 1.67 bits per heavy atom. The van der Waals surface area contributed by atoms with E-state index in [1.54, 1.807) is 62.4 Å². The average Bonchev–Trinajstić information content (AvgIpc) is 2.93. The van der Waals surface area contributed by atoms with Crippen LogP contribution < -0.4 is 20.7 Å². The number of carbonyl (C=O) groups excluding carboxylic acids is 1. The van der Waals surface area contributed by atoms with Crippen LogP contribution in [0.15, 0.2) is 58.1 Å². The molecule has 0 radical (unpaired) electrons. The van der Waals surface area contributed by atoms with Crippen LogP contribution in [0.1, 0.15) is 28.5 Å². The van der Waals surface area contributed by atoms with Crippen molar-refractivity contribution >= 4 is 23.0 Å². The Labute approximate surface area is 222 Å². The largest absolute Gasteiger partial charge is 0.497 e. The predicted octanol–water partition coefficient (Wildman–Crippen LogP) is 2.86. The molecule has 2 heterocycles. The summed E-state index contributed by atoms with van der Waals surface area (Å²) in [5, 5.41) is 9.43. The van der Waals surface area contributed by atoms with Gasteiger partial charge < -0.3 is 19.3 Å². The van der Waals surface area contributed by atoms with Gasteiger partial charge in [0.25, 0.3) is 5.56 Å². The van der Waals surface area contributed by atoms with Crippen molar-refractivity contribution in [3.8, 4) is 22.6 Å². The summed E-state index contributed by atoms with van der Waals surface area (Å²) in [4.78, 5) is 56.8. The van der Waals surface area contributed by atoms with E-state index >= 15 is 0 Å². The summed E-state index contributed by atoms with van der Waals surface area (Å²) in [6.45, 7) is 2.35. The molecule has 4 aromatic rings. The molecule has 0 aliphatic rings. The number of pyridine rings is 1. The third kappa shape index (κ3) is 5.11. The van der Waals surface area contributed by atoms with E-state index in [4.69, 9.17) is 14.2 Å². The maximum Gasteiger partial charge on any atom is 0.340 e. The zero-order valence-electron chi connectivity index (χ0n) is 21.9. The molecule has 11 heteroatoms. The van der Waals surface area contributed by atoms with Crippen LogP contribution in [0, 0.1) is 6.92 Å². The Kier molecular flexibility index (Phi) is 7.80. The molecule has 0 aliphatic carbocycles. The van der Waals surface area contributed by atoms with Gasteiger partial charge in [0.15, 0.2) is 5.65 Å². The van der Waals surface area contributed by atoms with Gasteiger partial charge in [-0.2, -0.15) is 0 Å². The number of carboxylic acid groups (broad SMARTS) is 1. The number of benzene rings is 2. The molecule has 0 saturated heterocycles. The number of rotatable bonds is 9. The molecule has 4 rings (SSSR count). The fraction of sp³-hybridized carbons (Fsp3) is 0.250. The zero-order valence-corrected chi connectivity index (χ0v) is 21.9. The number of aromatic nitrogens is 3. The number of fused-ring (bicyclic) bond motifs is 1. The number of para-hydroxylation sites is 1. The summed E-state index contributed by atoms with van der Waals surface area (Å²) in [7, 11) is 2.99. The third-order valence-corrected chi connectivity index (χ3v) is 6.21. The molecule has 0 fully saturated rings. The number of aliphatic carboxylic acids is 1. The Morgan fingerprint density at radius 1 is 0.974 bits per heavy atom. The summed E-state index contributed by atoms with van der Waals surface area (Å²) < 4.78 is 17.8. The third-order valence-electron chi connectivity index (χ3n) is 6.21. The Balaban J connectivity index is 2.19. The van der Waals surface area contributed by atoms with E-state index in [0.717, 1.165) is 0 Å². The number of hydrogen-bond donors (Lipinski definition) is 1. The first-order chi connectivity index (χ1) is 18.7. The van der Waals surface area contributed by atoms with Crippen LogP contribution >= 0.6 is 0 Å². The van der Waals surface area contributed by atoms with Crippen LogP contribution in [0.25, 0.3) is 22.2 Å². The van der Waals surface area contributed by atoms with Crippen LogP contribution in [-0.2, 0) is 22.6 Å². The summed E-state index contributed by atoms with van der Waals surface area (Å²) >= 11 is 0. The smallest absolute Gasteiger partial charge is 0.340 e. The van der Waals surface area contributed by atoms with E-state index in [0.29, 0.717) is 27.2 Å². The van der Waals surface area contributed by atoms with Gasteiger partial charge in [-0.3, -0.25) is 14.2 Å². The normalized spacial score (nSPS) is 10.9. The molecule has 0 atom stereocenters. The highest BCUT2D eigenvalue weighted by molar-refractivity contribution is 6.07. The number of ether oxygens (including phenoxy) is 3. The Morgan fingerprint density at radius 3 is 2.28 bits per heavy atom. The molecule has 0 spiro atoms. The van der Waals surface area contributed by atoms with Gasteiger partial charge in [0, 0.05) is 11.1 Å². The summed E-state index contributed by atoms with van der Waals surface area (Å²) in [6.07, 6.45) is 0. The number of methoxy groups -OCH3 is 2. The van der Waals surface area contributed by atoms with E-state index in [-0.39, 0.29) is 41.0 Å². The van der Waals surface area contributed by atoms with Crippen LogP contribution in [0.4, 0.5) is 0 Å². The summed E-state index contributed by atoms with van der Waals surface area (Å²) in [5.41, 5.74) is -0.258. The highest BCUT2D eigenvalue weighted by atomic mass is 16.5. The van der Waals surface area contributed by atoms with Crippen LogP contribution in [-0.4, -0.2) is 52.0 Å². The van der Waals surface area contributed by atoms with Gasteiger partial charge in [-0.25, -0.2) is 19.1 Å². The second-order valence-electron chi connectivity index (χ2n) is 8.56. The van der Waals surface area contributed by atoms with E-state index in [1.165, 1.54) is 18.8 Å².